The number of carbonyl (C=O) groups excluding carboxylic acids is 1. The van der Waals surface area contributed by atoms with Crippen LogP contribution in [0.4, 0.5) is 5.13 Å². The van der Waals surface area contributed by atoms with Gasteiger partial charge in [-0.3, -0.25) is 10.1 Å². The van der Waals surface area contributed by atoms with Gasteiger partial charge in [-0.1, -0.05) is 0 Å². The molecule has 32 heavy (non-hydrogen) atoms. The maximum absolute atomic E-state index is 12.2. The first-order valence-corrected chi connectivity index (χ1v) is 12.0. The van der Waals surface area contributed by atoms with Gasteiger partial charge in [0, 0.05) is 23.0 Å². The molecule has 7 nitrogen and oxygen atoms in total. The maximum atomic E-state index is 12.2. The van der Waals surface area contributed by atoms with Crippen LogP contribution in [0.15, 0.2) is 47.8 Å². The van der Waals surface area contributed by atoms with Gasteiger partial charge >= 0.3 is 0 Å². The molecule has 0 bridgehead atoms. The van der Waals surface area contributed by atoms with E-state index in [0.717, 1.165) is 40.0 Å². The highest BCUT2D eigenvalue weighted by Crippen LogP contribution is 2.27. The highest BCUT2D eigenvalue weighted by molar-refractivity contribution is 7.97. The summed E-state index contributed by atoms with van der Waals surface area (Å²) >= 11 is 3.12. The van der Waals surface area contributed by atoms with Crippen molar-refractivity contribution in [2.45, 2.75) is 18.4 Å². The molecule has 0 aliphatic heterocycles. The summed E-state index contributed by atoms with van der Waals surface area (Å²) in [5, 5.41) is 5.28. The Labute approximate surface area is 196 Å². The maximum Gasteiger partial charge on any atom is 0.264 e. The number of hydrogen-bond donors (Lipinski definition) is 1. The average molecular weight is 475 g/mol. The van der Waals surface area contributed by atoms with Crippen LogP contribution in [-0.2, 0) is 16.3 Å². The van der Waals surface area contributed by atoms with E-state index in [-0.39, 0.29) is 12.5 Å². The smallest absolute Gasteiger partial charge is 0.264 e. The van der Waals surface area contributed by atoms with Crippen LogP contribution in [-0.4, -0.2) is 38.3 Å². The number of anilines is 1. The molecule has 0 aliphatic carbocycles. The van der Waals surface area contributed by atoms with Crippen LogP contribution < -0.4 is 24.3 Å². The summed E-state index contributed by atoms with van der Waals surface area (Å²) < 4.78 is 21.5. The first-order valence-electron chi connectivity index (χ1n) is 9.99. The van der Waals surface area contributed by atoms with Crippen molar-refractivity contribution in [3.8, 4) is 23.0 Å². The summed E-state index contributed by atoms with van der Waals surface area (Å²) in [5.41, 5.74) is 2.03. The molecule has 0 radical (unpaired) electrons. The number of methoxy groups -OCH3 is 2. The van der Waals surface area contributed by atoms with Crippen molar-refractivity contribution >= 4 is 34.1 Å². The third-order valence-corrected chi connectivity index (χ3v) is 6.08. The Balaban J connectivity index is 1.42. The van der Waals surface area contributed by atoms with Crippen molar-refractivity contribution in [3.63, 3.8) is 0 Å². The average Bonchev–Trinajstić information content (AvgIpc) is 3.25. The summed E-state index contributed by atoms with van der Waals surface area (Å²) in [6.07, 6.45) is 0. The second kappa shape index (κ2) is 12.2. The molecule has 0 aliphatic rings. The third-order valence-electron chi connectivity index (χ3n) is 4.23. The summed E-state index contributed by atoms with van der Waals surface area (Å²) in [5.74, 6) is 4.18. The minimum atomic E-state index is -0.254. The molecule has 3 rings (SSSR count). The van der Waals surface area contributed by atoms with E-state index in [1.807, 2.05) is 42.6 Å². The Hall–Kier alpha value is -2.91. The van der Waals surface area contributed by atoms with Gasteiger partial charge < -0.3 is 18.9 Å². The Morgan fingerprint density at radius 1 is 0.969 bits per heavy atom. The number of rotatable bonds is 12. The van der Waals surface area contributed by atoms with Crippen LogP contribution in [0.25, 0.3) is 0 Å². The van der Waals surface area contributed by atoms with E-state index in [4.69, 9.17) is 18.9 Å². The number of nitrogens with one attached hydrogen (secondary N) is 1. The van der Waals surface area contributed by atoms with Crippen molar-refractivity contribution in [3.05, 3.63) is 59.1 Å². The molecule has 1 aromatic heterocycles. The Bertz CT molecular complexity index is 986. The standard InChI is InChI=1S/C23H26N2O5S2/c1-4-29-18-5-7-19(8-6-18)30-12-22(26)25-23-24-17(15-32-23)14-31-13-16-9-20(27-2)11-21(10-16)28-3/h5-11,15H,4,12-14H2,1-3H3,(H,24,25,26). The number of aromatic nitrogens is 1. The lowest BCUT2D eigenvalue weighted by Gasteiger charge is -2.08. The first-order chi connectivity index (χ1) is 15.6. The van der Waals surface area contributed by atoms with Gasteiger partial charge in [-0.25, -0.2) is 4.98 Å². The number of nitrogens with zero attached hydrogens (tertiary/aromatic N) is 1. The van der Waals surface area contributed by atoms with Crippen LogP contribution in [0.5, 0.6) is 23.0 Å². The Morgan fingerprint density at radius 2 is 1.62 bits per heavy atom. The Morgan fingerprint density at radius 3 is 2.25 bits per heavy atom. The zero-order valence-corrected chi connectivity index (χ0v) is 19.9. The van der Waals surface area contributed by atoms with Gasteiger partial charge in [0.15, 0.2) is 11.7 Å². The number of carbonyl (C=O) groups is 1. The molecule has 0 fully saturated rings. The molecule has 1 N–H and O–H groups in total. The van der Waals surface area contributed by atoms with Crippen molar-refractivity contribution in [2.24, 2.45) is 0 Å². The van der Waals surface area contributed by atoms with Gasteiger partial charge in [-0.2, -0.15) is 11.8 Å². The zero-order chi connectivity index (χ0) is 22.8. The largest absolute Gasteiger partial charge is 0.497 e. The fourth-order valence-electron chi connectivity index (χ4n) is 2.76. The Kier molecular flexibility index (Phi) is 9.06. The van der Waals surface area contributed by atoms with Crippen molar-refractivity contribution < 1.29 is 23.7 Å². The van der Waals surface area contributed by atoms with E-state index in [9.17, 15) is 4.79 Å². The molecule has 0 unspecified atom stereocenters. The lowest BCUT2D eigenvalue weighted by atomic mass is 10.2. The van der Waals surface area contributed by atoms with E-state index in [1.54, 1.807) is 38.1 Å². The quantitative estimate of drug-likeness (QED) is 0.395. The van der Waals surface area contributed by atoms with E-state index >= 15 is 0 Å². The van der Waals surface area contributed by atoms with Crippen LogP contribution in [0.2, 0.25) is 0 Å². The minimum Gasteiger partial charge on any atom is -0.497 e. The predicted molar refractivity (Wildman–Crippen MR) is 128 cm³/mol. The van der Waals surface area contributed by atoms with Gasteiger partial charge in [0.05, 0.1) is 26.5 Å². The normalized spacial score (nSPS) is 10.5. The highest BCUT2D eigenvalue weighted by atomic mass is 32.2. The van der Waals surface area contributed by atoms with Crippen LogP contribution in [0.3, 0.4) is 0 Å². The molecular formula is C23H26N2O5S2. The van der Waals surface area contributed by atoms with E-state index < -0.39 is 0 Å². The minimum absolute atomic E-state index is 0.0880. The molecular weight excluding hydrogens is 448 g/mol. The summed E-state index contributed by atoms with van der Waals surface area (Å²) in [6, 6.07) is 13.0. The zero-order valence-electron chi connectivity index (χ0n) is 18.3. The second-order valence-electron chi connectivity index (χ2n) is 6.60. The lowest BCUT2D eigenvalue weighted by molar-refractivity contribution is -0.118. The molecule has 3 aromatic rings. The SMILES string of the molecule is CCOc1ccc(OCC(=O)Nc2nc(CSCc3cc(OC)cc(OC)c3)cs2)cc1. The van der Waals surface area contributed by atoms with E-state index in [0.29, 0.717) is 17.5 Å². The molecule has 0 atom stereocenters. The molecule has 2 aromatic carbocycles. The number of thiazole rings is 1. The number of hydrogen-bond acceptors (Lipinski definition) is 8. The third kappa shape index (κ3) is 7.35. The van der Waals surface area contributed by atoms with Gasteiger partial charge in [0.25, 0.3) is 5.91 Å². The van der Waals surface area contributed by atoms with Gasteiger partial charge in [0.1, 0.15) is 23.0 Å². The molecule has 0 saturated heterocycles. The van der Waals surface area contributed by atoms with Gasteiger partial charge in [0.2, 0.25) is 0 Å². The summed E-state index contributed by atoms with van der Waals surface area (Å²) in [6.45, 7) is 2.44. The fraction of sp³-hybridized carbons (Fsp3) is 0.304. The summed E-state index contributed by atoms with van der Waals surface area (Å²) in [4.78, 5) is 16.6. The number of benzene rings is 2. The fourth-order valence-corrected chi connectivity index (χ4v) is 4.45. The highest BCUT2D eigenvalue weighted by Gasteiger charge is 2.09. The van der Waals surface area contributed by atoms with Gasteiger partial charge in [-0.05, 0) is 48.9 Å². The monoisotopic (exact) mass is 474 g/mol. The lowest BCUT2D eigenvalue weighted by Crippen LogP contribution is -2.20. The van der Waals surface area contributed by atoms with Gasteiger partial charge in [-0.15, -0.1) is 11.3 Å². The van der Waals surface area contributed by atoms with E-state index in [2.05, 4.69) is 10.3 Å². The summed E-state index contributed by atoms with van der Waals surface area (Å²) in [7, 11) is 3.28. The molecule has 0 spiro atoms. The number of ether oxygens (including phenoxy) is 4. The van der Waals surface area contributed by atoms with Crippen molar-refractivity contribution in [1.82, 2.24) is 4.98 Å². The first kappa shape index (κ1) is 23.7. The predicted octanol–water partition coefficient (Wildman–Crippen LogP) is 5.01. The molecule has 1 amide bonds. The number of amides is 1. The van der Waals surface area contributed by atoms with Crippen molar-refractivity contribution in [2.75, 3.05) is 32.8 Å². The molecule has 1 heterocycles. The molecule has 9 heteroatoms. The molecule has 170 valence electrons. The topological polar surface area (TPSA) is 78.9 Å². The van der Waals surface area contributed by atoms with E-state index in [1.165, 1.54) is 11.3 Å². The van der Waals surface area contributed by atoms with Crippen LogP contribution in [0, 0.1) is 0 Å². The van der Waals surface area contributed by atoms with Crippen molar-refractivity contribution in [1.29, 1.82) is 0 Å². The van der Waals surface area contributed by atoms with Crippen LogP contribution >= 0.6 is 23.1 Å². The van der Waals surface area contributed by atoms with Crippen LogP contribution in [0.1, 0.15) is 18.2 Å². The number of thioether (sulfide) groups is 1. The molecule has 0 saturated carbocycles. The second-order valence-corrected chi connectivity index (χ2v) is 8.44.